The number of furan rings is 1. The number of hydrogen-bond acceptors (Lipinski definition) is 3. The molecule has 0 fully saturated rings. The number of benzene rings is 1. The van der Waals surface area contributed by atoms with Gasteiger partial charge >= 0.3 is 0 Å². The second kappa shape index (κ2) is 6.77. The summed E-state index contributed by atoms with van der Waals surface area (Å²) in [5.74, 6) is 0.962. The Morgan fingerprint density at radius 2 is 2.00 bits per heavy atom. The molecule has 1 N–H and O–H groups in total. The maximum Gasteiger partial charge on any atom is 0.105 e. The number of nitriles is 1. The first-order valence-electron chi connectivity index (χ1n) is 6.50. The van der Waals surface area contributed by atoms with Crippen LogP contribution in [0.4, 0.5) is 0 Å². The van der Waals surface area contributed by atoms with Gasteiger partial charge in [0.05, 0.1) is 18.8 Å². The molecule has 0 radical (unpaired) electrons. The number of nitrogens with zero attached hydrogens (tertiary/aromatic N) is 1. The second-order valence-corrected chi connectivity index (χ2v) is 4.68. The molecule has 1 aromatic heterocycles. The van der Waals surface area contributed by atoms with Crippen LogP contribution < -0.4 is 5.32 Å². The summed E-state index contributed by atoms with van der Waals surface area (Å²) >= 11 is 0. The Labute approximate surface area is 113 Å². The molecule has 0 saturated heterocycles. The van der Waals surface area contributed by atoms with Crippen LogP contribution in [0.25, 0.3) is 0 Å². The van der Waals surface area contributed by atoms with Gasteiger partial charge in [-0.3, -0.25) is 0 Å². The molecule has 3 nitrogen and oxygen atoms in total. The summed E-state index contributed by atoms with van der Waals surface area (Å²) in [5.41, 5.74) is 1.15. The average molecular weight is 254 g/mol. The van der Waals surface area contributed by atoms with Gasteiger partial charge in [-0.05, 0) is 24.6 Å². The second-order valence-electron chi connectivity index (χ2n) is 4.68. The SMILES string of the molecule is CC(Cc1ccco1)NC(CC#N)c1ccccc1. The van der Waals surface area contributed by atoms with Gasteiger partial charge in [-0.15, -0.1) is 0 Å². The van der Waals surface area contributed by atoms with E-state index in [9.17, 15) is 0 Å². The fraction of sp³-hybridized carbons (Fsp3) is 0.312. The summed E-state index contributed by atoms with van der Waals surface area (Å²) in [4.78, 5) is 0. The molecule has 0 aliphatic carbocycles. The highest BCUT2D eigenvalue weighted by atomic mass is 16.3. The molecule has 0 spiro atoms. The first kappa shape index (κ1) is 13.4. The van der Waals surface area contributed by atoms with Gasteiger partial charge in [0.15, 0.2) is 0 Å². The summed E-state index contributed by atoms with van der Waals surface area (Å²) in [6.45, 7) is 2.11. The van der Waals surface area contributed by atoms with Crippen molar-refractivity contribution in [3.63, 3.8) is 0 Å². The lowest BCUT2D eigenvalue weighted by Gasteiger charge is -2.21. The topological polar surface area (TPSA) is 49.0 Å². The van der Waals surface area contributed by atoms with Crippen molar-refractivity contribution >= 4 is 0 Å². The van der Waals surface area contributed by atoms with E-state index >= 15 is 0 Å². The monoisotopic (exact) mass is 254 g/mol. The fourth-order valence-corrected chi connectivity index (χ4v) is 2.18. The molecule has 2 atom stereocenters. The van der Waals surface area contributed by atoms with Gasteiger partial charge in [0, 0.05) is 18.5 Å². The fourth-order valence-electron chi connectivity index (χ4n) is 2.18. The van der Waals surface area contributed by atoms with E-state index in [0.717, 1.165) is 17.7 Å². The maximum atomic E-state index is 8.96. The molecule has 2 unspecified atom stereocenters. The molecule has 0 amide bonds. The van der Waals surface area contributed by atoms with Gasteiger partial charge in [0.25, 0.3) is 0 Å². The molecule has 2 rings (SSSR count). The van der Waals surface area contributed by atoms with Gasteiger partial charge in [-0.2, -0.15) is 5.26 Å². The van der Waals surface area contributed by atoms with E-state index in [4.69, 9.17) is 9.68 Å². The largest absolute Gasteiger partial charge is 0.469 e. The van der Waals surface area contributed by atoms with Gasteiger partial charge in [-0.25, -0.2) is 0 Å². The summed E-state index contributed by atoms with van der Waals surface area (Å²) in [5, 5.41) is 12.4. The Bertz CT molecular complexity index is 513. The van der Waals surface area contributed by atoms with Crippen LogP contribution in [0.3, 0.4) is 0 Å². The predicted molar refractivity (Wildman–Crippen MR) is 74.4 cm³/mol. The van der Waals surface area contributed by atoms with Crippen LogP contribution in [0.15, 0.2) is 53.1 Å². The Morgan fingerprint density at radius 3 is 2.63 bits per heavy atom. The van der Waals surface area contributed by atoms with Gasteiger partial charge in [0.1, 0.15) is 5.76 Å². The minimum absolute atomic E-state index is 0.0659. The van der Waals surface area contributed by atoms with Crippen molar-refractivity contribution in [1.29, 1.82) is 5.26 Å². The molecular formula is C16H18N2O. The molecule has 2 aromatic rings. The quantitative estimate of drug-likeness (QED) is 0.858. The number of hydrogen-bond donors (Lipinski definition) is 1. The van der Waals surface area contributed by atoms with Crippen molar-refractivity contribution in [3.05, 3.63) is 60.1 Å². The first-order chi connectivity index (χ1) is 9.29. The Hall–Kier alpha value is -2.05. The lowest BCUT2D eigenvalue weighted by atomic mass is 10.0. The highest BCUT2D eigenvalue weighted by molar-refractivity contribution is 5.20. The highest BCUT2D eigenvalue weighted by Gasteiger charge is 2.14. The van der Waals surface area contributed by atoms with E-state index in [1.165, 1.54) is 0 Å². The maximum absolute atomic E-state index is 8.96. The third-order valence-electron chi connectivity index (χ3n) is 3.07. The van der Waals surface area contributed by atoms with Crippen molar-refractivity contribution in [2.24, 2.45) is 0 Å². The molecule has 1 heterocycles. The lowest BCUT2D eigenvalue weighted by Crippen LogP contribution is -2.32. The van der Waals surface area contributed by atoms with Crippen LogP contribution in [0.1, 0.15) is 30.7 Å². The van der Waals surface area contributed by atoms with E-state index in [2.05, 4.69) is 30.4 Å². The normalized spacial score (nSPS) is 13.7. The van der Waals surface area contributed by atoms with Crippen LogP contribution in [-0.2, 0) is 6.42 Å². The minimum atomic E-state index is 0.0659. The summed E-state index contributed by atoms with van der Waals surface area (Å²) in [6, 6.07) is 16.5. The third kappa shape index (κ3) is 3.97. The Morgan fingerprint density at radius 1 is 1.21 bits per heavy atom. The van der Waals surface area contributed by atoms with Crippen molar-refractivity contribution in [1.82, 2.24) is 5.32 Å². The Balaban J connectivity index is 1.99. The van der Waals surface area contributed by atoms with Gasteiger partial charge < -0.3 is 9.73 Å². The molecule has 3 heteroatoms. The molecule has 19 heavy (non-hydrogen) atoms. The summed E-state index contributed by atoms with van der Waals surface area (Å²) < 4.78 is 5.35. The van der Waals surface area contributed by atoms with Crippen LogP contribution >= 0.6 is 0 Å². The van der Waals surface area contributed by atoms with Gasteiger partial charge in [-0.1, -0.05) is 30.3 Å². The molecule has 1 aromatic carbocycles. The molecule has 0 aliphatic heterocycles. The zero-order valence-corrected chi connectivity index (χ0v) is 11.0. The average Bonchev–Trinajstić information content (AvgIpc) is 2.92. The van der Waals surface area contributed by atoms with Crippen LogP contribution in [0.2, 0.25) is 0 Å². The predicted octanol–water partition coefficient (Wildman–Crippen LogP) is 3.46. The standard InChI is InChI=1S/C16H18N2O/c1-13(12-15-8-5-11-19-15)18-16(9-10-17)14-6-3-2-4-7-14/h2-8,11,13,16,18H,9,12H2,1H3. The van der Waals surface area contributed by atoms with Crippen molar-refractivity contribution in [2.75, 3.05) is 0 Å². The summed E-state index contributed by atoms with van der Waals surface area (Å²) in [6.07, 6.45) is 2.97. The van der Waals surface area contributed by atoms with E-state index in [0.29, 0.717) is 6.42 Å². The molecule has 0 aliphatic rings. The number of nitrogens with one attached hydrogen (secondary N) is 1. The van der Waals surface area contributed by atoms with Crippen molar-refractivity contribution < 1.29 is 4.42 Å². The van der Waals surface area contributed by atoms with Crippen LogP contribution in [0, 0.1) is 11.3 Å². The molecule has 0 saturated carbocycles. The Kier molecular flexibility index (Phi) is 4.77. The van der Waals surface area contributed by atoms with E-state index in [1.807, 2.05) is 30.3 Å². The highest BCUT2D eigenvalue weighted by Crippen LogP contribution is 2.17. The lowest BCUT2D eigenvalue weighted by molar-refractivity contribution is 0.419. The zero-order valence-electron chi connectivity index (χ0n) is 11.0. The van der Waals surface area contributed by atoms with E-state index < -0.39 is 0 Å². The van der Waals surface area contributed by atoms with Crippen LogP contribution in [0.5, 0.6) is 0 Å². The molecule has 98 valence electrons. The minimum Gasteiger partial charge on any atom is -0.469 e. The van der Waals surface area contributed by atoms with Crippen molar-refractivity contribution in [3.8, 4) is 6.07 Å². The molecule has 0 bridgehead atoms. The zero-order chi connectivity index (χ0) is 13.5. The van der Waals surface area contributed by atoms with E-state index in [1.54, 1.807) is 6.26 Å². The van der Waals surface area contributed by atoms with Crippen molar-refractivity contribution in [2.45, 2.75) is 31.8 Å². The van der Waals surface area contributed by atoms with E-state index in [-0.39, 0.29) is 12.1 Å². The first-order valence-corrected chi connectivity index (χ1v) is 6.50. The molecular weight excluding hydrogens is 236 g/mol. The van der Waals surface area contributed by atoms with Gasteiger partial charge in [0.2, 0.25) is 0 Å². The third-order valence-corrected chi connectivity index (χ3v) is 3.07. The number of rotatable bonds is 6. The smallest absolute Gasteiger partial charge is 0.105 e. The summed E-state index contributed by atoms with van der Waals surface area (Å²) in [7, 11) is 0. The van der Waals surface area contributed by atoms with Crippen LogP contribution in [-0.4, -0.2) is 6.04 Å².